The normalized spacial score (nSPS) is 16.7. The Labute approximate surface area is 173 Å². The number of ether oxygens (including phenoxy) is 1. The van der Waals surface area contributed by atoms with Crippen molar-refractivity contribution in [2.45, 2.75) is 24.9 Å². The molecule has 1 heterocycles. The van der Waals surface area contributed by atoms with Crippen molar-refractivity contribution in [3.05, 3.63) is 102 Å². The lowest BCUT2D eigenvalue weighted by atomic mass is 9.94. The summed E-state index contributed by atoms with van der Waals surface area (Å²) < 4.78 is 5.48. The highest BCUT2D eigenvalue weighted by atomic mass is 16.5. The second-order valence-electron chi connectivity index (χ2n) is 7.55. The van der Waals surface area contributed by atoms with Crippen molar-refractivity contribution in [1.82, 2.24) is 4.90 Å². The lowest BCUT2D eigenvalue weighted by molar-refractivity contribution is 0.175. The molecule has 1 saturated heterocycles. The van der Waals surface area contributed by atoms with E-state index >= 15 is 0 Å². The maximum absolute atomic E-state index is 5.48. The third-order valence-corrected chi connectivity index (χ3v) is 5.62. The fourth-order valence-corrected chi connectivity index (χ4v) is 4.08. The van der Waals surface area contributed by atoms with E-state index in [0.717, 1.165) is 31.7 Å². The molecule has 1 aliphatic heterocycles. The molecular weight excluding hydrogens is 356 g/mol. The number of hydrogen-bond donors (Lipinski definition) is 0. The average Bonchev–Trinajstić information content (AvgIpc) is 2.80. The number of methoxy groups -OCH3 is 1. The molecule has 148 valence electrons. The molecule has 1 atom stereocenters. The summed E-state index contributed by atoms with van der Waals surface area (Å²) in [4.78, 5) is 7.43. The molecule has 1 fully saturated rings. The molecule has 3 aromatic carbocycles. The number of aliphatic imine (C=N–C) groups is 1. The Balaban J connectivity index is 1.50. The Kier molecular flexibility index (Phi) is 6.38. The summed E-state index contributed by atoms with van der Waals surface area (Å²) in [6, 6.07) is 30.2. The fourth-order valence-electron chi connectivity index (χ4n) is 4.08. The minimum Gasteiger partial charge on any atom is -0.497 e. The minimum atomic E-state index is 0.241. The molecule has 0 N–H and O–H groups in total. The smallest absolute Gasteiger partial charge is 0.119 e. The van der Waals surface area contributed by atoms with E-state index in [1.54, 1.807) is 7.11 Å². The van der Waals surface area contributed by atoms with Crippen molar-refractivity contribution < 1.29 is 4.74 Å². The number of rotatable bonds is 6. The van der Waals surface area contributed by atoms with E-state index in [0.29, 0.717) is 6.04 Å². The summed E-state index contributed by atoms with van der Waals surface area (Å²) in [5.74, 6) is 0.908. The van der Waals surface area contributed by atoms with Gasteiger partial charge in [0.25, 0.3) is 0 Å². The quantitative estimate of drug-likeness (QED) is 0.534. The number of hydrogen-bond acceptors (Lipinski definition) is 3. The van der Waals surface area contributed by atoms with Crippen LogP contribution in [0.25, 0.3) is 0 Å². The van der Waals surface area contributed by atoms with Gasteiger partial charge < -0.3 is 4.74 Å². The van der Waals surface area contributed by atoms with E-state index in [9.17, 15) is 0 Å². The molecule has 0 aliphatic carbocycles. The molecule has 3 heteroatoms. The first-order chi connectivity index (χ1) is 14.3. The van der Waals surface area contributed by atoms with Crippen LogP contribution < -0.4 is 4.74 Å². The van der Waals surface area contributed by atoms with E-state index in [2.05, 4.69) is 77.7 Å². The largest absolute Gasteiger partial charge is 0.497 e. The molecule has 1 unspecified atom stereocenters. The average molecular weight is 385 g/mol. The Morgan fingerprint density at radius 1 is 0.862 bits per heavy atom. The predicted octanol–water partition coefficient (Wildman–Crippen LogP) is 5.37. The SMILES string of the molecule is COc1cccc(C(c2ccccc2)N2CCC(N=Cc3ccccc3)CC2)c1. The van der Waals surface area contributed by atoms with E-state index < -0.39 is 0 Å². The molecule has 29 heavy (non-hydrogen) atoms. The number of benzene rings is 3. The number of likely N-dealkylation sites (tertiary alicyclic amines) is 1. The third-order valence-electron chi connectivity index (χ3n) is 5.62. The lowest BCUT2D eigenvalue weighted by Crippen LogP contribution is -2.38. The Morgan fingerprint density at radius 3 is 2.21 bits per heavy atom. The van der Waals surface area contributed by atoms with Crippen LogP contribution in [0.2, 0.25) is 0 Å². The number of piperidine rings is 1. The highest BCUT2D eigenvalue weighted by molar-refractivity contribution is 5.79. The van der Waals surface area contributed by atoms with Crippen LogP contribution in [0.15, 0.2) is 89.9 Å². The van der Waals surface area contributed by atoms with Crippen molar-refractivity contribution in [2.75, 3.05) is 20.2 Å². The van der Waals surface area contributed by atoms with Crippen LogP contribution in [0.3, 0.4) is 0 Å². The zero-order valence-electron chi connectivity index (χ0n) is 16.9. The van der Waals surface area contributed by atoms with Gasteiger partial charge in [-0.15, -0.1) is 0 Å². The standard InChI is InChI=1S/C26H28N2O/c1-29-25-14-8-13-23(19-25)26(22-11-6-3-7-12-22)28-17-15-24(16-18-28)27-20-21-9-4-2-5-10-21/h2-14,19-20,24,26H,15-18H2,1H3. The van der Waals surface area contributed by atoms with Crippen LogP contribution in [0.1, 0.15) is 35.6 Å². The van der Waals surface area contributed by atoms with Crippen LogP contribution >= 0.6 is 0 Å². The predicted molar refractivity (Wildman–Crippen MR) is 120 cm³/mol. The first kappa shape index (κ1) is 19.4. The maximum atomic E-state index is 5.48. The Bertz CT molecular complexity index is 916. The minimum absolute atomic E-state index is 0.241. The molecule has 3 aromatic rings. The Morgan fingerprint density at radius 2 is 1.52 bits per heavy atom. The lowest BCUT2D eigenvalue weighted by Gasteiger charge is -2.37. The fraction of sp³-hybridized carbons (Fsp3) is 0.269. The van der Waals surface area contributed by atoms with Gasteiger partial charge >= 0.3 is 0 Å². The number of nitrogens with zero attached hydrogens (tertiary/aromatic N) is 2. The van der Waals surface area contributed by atoms with Crippen LogP contribution in [-0.2, 0) is 0 Å². The van der Waals surface area contributed by atoms with Gasteiger partial charge in [-0.2, -0.15) is 0 Å². The van der Waals surface area contributed by atoms with Gasteiger partial charge in [-0.3, -0.25) is 9.89 Å². The van der Waals surface area contributed by atoms with Crippen LogP contribution in [0.4, 0.5) is 0 Å². The first-order valence-electron chi connectivity index (χ1n) is 10.3. The second kappa shape index (κ2) is 9.53. The van der Waals surface area contributed by atoms with Crippen molar-refractivity contribution in [1.29, 1.82) is 0 Å². The van der Waals surface area contributed by atoms with Gasteiger partial charge in [0, 0.05) is 19.3 Å². The maximum Gasteiger partial charge on any atom is 0.119 e. The molecule has 0 aromatic heterocycles. The van der Waals surface area contributed by atoms with Gasteiger partial charge in [0.05, 0.1) is 19.2 Å². The molecule has 3 nitrogen and oxygen atoms in total. The van der Waals surface area contributed by atoms with Gasteiger partial charge in [-0.1, -0.05) is 72.8 Å². The summed E-state index contributed by atoms with van der Waals surface area (Å²) in [7, 11) is 1.73. The van der Waals surface area contributed by atoms with Gasteiger partial charge in [-0.05, 0) is 41.7 Å². The zero-order valence-corrected chi connectivity index (χ0v) is 16.9. The van der Waals surface area contributed by atoms with Crippen molar-refractivity contribution in [2.24, 2.45) is 4.99 Å². The molecule has 0 saturated carbocycles. The Hall–Kier alpha value is -2.91. The summed E-state index contributed by atoms with van der Waals surface area (Å²) in [6.07, 6.45) is 4.18. The van der Waals surface area contributed by atoms with Crippen molar-refractivity contribution in [3.63, 3.8) is 0 Å². The molecule has 0 bridgehead atoms. The van der Waals surface area contributed by atoms with E-state index in [-0.39, 0.29) is 6.04 Å². The van der Waals surface area contributed by atoms with E-state index in [4.69, 9.17) is 9.73 Å². The van der Waals surface area contributed by atoms with Crippen LogP contribution in [0, 0.1) is 0 Å². The molecule has 0 spiro atoms. The van der Waals surface area contributed by atoms with Gasteiger partial charge in [0.15, 0.2) is 0 Å². The molecule has 1 aliphatic rings. The zero-order chi connectivity index (χ0) is 19.9. The van der Waals surface area contributed by atoms with E-state index in [1.165, 1.54) is 16.7 Å². The van der Waals surface area contributed by atoms with Crippen LogP contribution in [-0.4, -0.2) is 37.4 Å². The second-order valence-corrected chi connectivity index (χ2v) is 7.55. The highest BCUT2D eigenvalue weighted by Crippen LogP contribution is 2.33. The summed E-state index contributed by atoms with van der Waals surface area (Å²) >= 11 is 0. The highest BCUT2D eigenvalue weighted by Gasteiger charge is 2.27. The summed E-state index contributed by atoms with van der Waals surface area (Å²) in [6.45, 7) is 2.07. The van der Waals surface area contributed by atoms with Crippen molar-refractivity contribution >= 4 is 6.21 Å². The van der Waals surface area contributed by atoms with Crippen LogP contribution in [0.5, 0.6) is 5.75 Å². The third kappa shape index (κ3) is 4.93. The van der Waals surface area contributed by atoms with Gasteiger partial charge in [0.1, 0.15) is 5.75 Å². The van der Waals surface area contributed by atoms with Gasteiger partial charge in [-0.25, -0.2) is 0 Å². The molecular formula is C26H28N2O. The van der Waals surface area contributed by atoms with E-state index in [1.807, 2.05) is 18.3 Å². The monoisotopic (exact) mass is 384 g/mol. The molecule has 4 rings (SSSR count). The topological polar surface area (TPSA) is 24.8 Å². The molecule has 0 radical (unpaired) electrons. The molecule has 0 amide bonds. The summed E-state index contributed by atoms with van der Waals surface area (Å²) in [5.41, 5.74) is 3.78. The first-order valence-corrected chi connectivity index (χ1v) is 10.3. The summed E-state index contributed by atoms with van der Waals surface area (Å²) in [5, 5.41) is 0. The van der Waals surface area contributed by atoms with Gasteiger partial charge in [0.2, 0.25) is 0 Å². The van der Waals surface area contributed by atoms with Crippen molar-refractivity contribution in [3.8, 4) is 5.75 Å².